The number of nitrogens with zero attached hydrogens (tertiary/aromatic N) is 1. The molecule has 2 heterocycles. The number of Topliss-reactive ketones (excluding diaryl/α,β-unsaturated/α-hetero) is 3. The van der Waals surface area contributed by atoms with Gasteiger partial charge in [-0.25, -0.2) is 0 Å². The summed E-state index contributed by atoms with van der Waals surface area (Å²) in [5, 5.41) is 0. The van der Waals surface area contributed by atoms with E-state index >= 15 is 0 Å². The molecule has 45 heavy (non-hydrogen) atoms. The van der Waals surface area contributed by atoms with Gasteiger partial charge in [-0.3, -0.25) is 19.2 Å². The van der Waals surface area contributed by atoms with Crippen LogP contribution in [0.25, 0.3) is 6.08 Å². The third-order valence-corrected chi connectivity index (χ3v) is 9.16. The standard InChI is InChI=1S/C37H29NO7/c1-21(39)45-24-15-12-23(13-16-24)34(40)33-32(28-18-17-25(43-2)20-30(28)44-3)37(35(41)26-9-5-6-10-27(26)36(37)42)31-19-14-22-8-4-7-11-29(22)38(31)33/h4-20,31-33H,1-3H3/t31?,32-,33+/m0/s1. The second-order valence-electron chi connectivity index (χ2n) is 11.4. The number of fused-ring (bicyclic) bond motifs is 5. The monoisotopic (exact) mass is 599 g/mol. The first kappa shape index (κ1) is 28.3. The van der Waals surface area contributed by atoms with E-state index in [2.05, 4.69) is 0 Å². The van der Waals surface area contributed by atoms with Gasteiger partial charge in [0.15, 0.2) is 17.3 Å². The van der Waals surface area contributed by atoms with Crippen LogP contribution in [0.1, 0.15) is 55.0 Å². The average molecular weight is 600 g/mol. The molecule has 0 amide bonds. The number of carbonyl (C=O) groups excluding carboxylic acids is 4. The zero-order chi connectivity index (χ0) is 31.5. The van der Waals surface area contributed by atoms with E-state index in [9.17, 15) is 19.2 Å². The highest BCUT2D eigenvalue weighted by Crippen LogP contribution is 2.62. The molecule has 1 spiro atoms. The quantitative estimate of drug-likeness (QED) is 0.116. The number of hydrogen-bond donors (Lipinski definition) is 0. The molecule has 8 heteroatoms. The van der Waals surface area contributed by atoms with Gasteiger partial charge in [0.25, 0.3) is 0 Å². The Labute approximate surface area is 259 Å². The lowest BCUT2D eigenvalue weighted by Gasteiger charge is -2.37. The maximum Gasteiger partial charge on any atom is 0.308 e. The van der Waals surface area contributed by atoms with E-state index in [0.717, 1.165) is 11.3 Å². The van der Waals surface area contributed by atoms with Gasteiger partial charge in [0.05, 0.1) is 20.3 Å². The minimum Gasteiger partial charge on any atom is -0.497 e. The van der Waals surface area contributed by atoms with Crippen molar-refractivity contribution in [2.24, 2.45) is 5.41 Å². The van der Waals surface area contributed by atoms with Crippen LogP contribution < -0.4 is 19.1 Å². The number of ether oxygens (including phenoxy) is 3. The zero-order valence-electron chi connectivity index (χ0n) is 24.9. The lowest BCUT2D eigenvalue weighted by atomic mass is 9.64. The van der Waals surface area contributed by atoms with Crippen molar-refractivity contribution in [2.45, 2.75) is 24.9 Å². The van der Waals surface area contributed by atoms with Gasteiger partial charge < -0.3 is 19.1 Å². The normalized spacial score (nSPS) is 20.4. The van der Waals surface area contributed by atoms with Gasteiger partial charge in [0.2, 0.25) is 0 Å². The van der Waals surface area contributed by atoms with Crippen LogP contribution in [0.15, 0.2) is 97.1 Å². The number of carbonyl (C=O) groups is 4. The van der Waals surface area contributed by atoms with E-state index in [-0.39, 0.29) is 17.3 Å². The second-order valence-corrected chi connectivity index (χ2v) is 11.4. The molecule has 0 N–H and O–H groups in total. The Morgan fingerprint density at radius 3 is 2.07 bits per heavy atom. The highest BCUT2D eigenvalue weighted by molar-refractivity contribution is 6.32. The summed E-state index contributed by atoms with van der Waals surface area (Å²) in [6, 6.07) is 24.3. The molecule has 7 rings (SSSR count). The molecule has 1 saturated heterocycles. The molecule has 0 aromatic heterocycles. The molecule has 3 atom stereocenters. The van der Waals surface area contributed by atoms with E-state index in [0.29, 0.717) is 39.5 Å². The summed E-state index contributed by atoms with van der Waals surface area (Å²) in [5.41, 5.74) is 1.50. The summed E-state index contributed by atoms with van der Waals surface area (Å²) in [7, 11) is 3.06. The van der Waals surface area contributed by atoms with Crippen LogP contribution in [-0.4, -0.2) is 49.6 Å². The van der Waals surface area contributed by atoms with Gasteiger partial charge in [0, 0.05) is 46.8 Å². The first-order valence-corrected chi connectivity index (χ1v) is 14.6. The Balaban J connectivity index is 1.52. The van der Waals surface area contributed by atoms with Crippen LogP contribution >= 0.6 is 0 Å². The highest BCUT2D eigenvalue weighted by Gasteiger charge is 2.72. The van der Waals surface area contributed by atoms with Crippen molar-refractivity contribution in [3.63, 3.8) is 0 Å². The molecule has 2 aliphatic heterocycles. The van der Waals surface area contributed by atoms with Crippen LogP contribution in [0.2, 0.25) is 0 Å². The summed E-state index contributed by atoms with van der Waals surface area (Å²) in [5.74, 6) is -1.15. The molecule has 0 radical (unpaired) electrons. The van der Waals surface area contributed by atoms with Crippen molar-refractivity contribution in [1.29, 1.82) is 0 Å². The van der Waals surface area contributed by atoms with Crippen molar-refractivity contribution < 1.29 is 33.4 Å². The molecular weight excluding hydrogens is 570 g/mol. The van der Waals surface area contributed by atoms with Crippen LogP contribution in [0.5, 0.6) is 17.2 Å². The lowest BCUT2D eigenvalue weighted by molar-refractivity contribution is -0.131. The van der Waals surface area contributed by atoms with E-state index in [4.69, 9.17) is 14.2 Å². The summed E-state index contributed by atoms with van der Waals surface area (Å²) in [4.78, 5) is 58.1. The molecule has 1 aliphatic carbocycles. The van der Waals surface area contributed by atoms with E-state index in [1.807, 2.05) is 41.3 Å². The van der Waals surface area contributed by atoms with Gasteiger partial charge in [0.1, 0.15) is 28.7 Å². The minimum atomic E-state index is -1.67. The molecule has 1 fully saturated rings. The Hall–Kier alpha value is -5.50. The predicted octanol–water partition coefficient (Wildman–Crippen LogP) is 5.95. The smallest absolute Gasteiger partial charge is 0.308 e. The Kier molecular flexibility index (Phi) is 6.66. The third-order valence-electron chi connectivity index (χ3n) is 9.16. The van der Waals surface area contributed by atoms with E-state index < -0.39 is 29.4 Å². The Bertz CT molecular complexity index is 1890. The third kappa shape index (κ3) is 4.05. The van der Waals surface area contributed by atoms with E-state index in [1.54, 1.807) is 73.8 Å². The van der Waals surface area contributed by atoms with Crippen LogP contribution in [-0.2, 0) is 4.79 Å². The summed E-state index contributed by atoms with van der Waals surface area (Å²) < 4.78 is 16.5. The van der Waals surface area contributed by atoms with Gasteiger partial charge >= 0.3 is 5.97 Å². The van der Waals surface area contributed by atoms with Crippen LogP contribution in [0.4, 0.5) is 5.69 Å². The number of anilines is 1. The predicted molar refractivity (Wildman–Crippen MR) is 167 cm³/mol. The fraction of sp³-hybridized carbons (Fsp3) is 0.189. The first-order chi connectivity index (χ1) is 21.8. The fourth-order valence-corrected chi connectivity index (χ4v) is 7.36. The maximum absolute atomic E-state index is 14.9. The Morgan fingerprint density at radius 1 is 0.778 bits per heavy atom. The molecule has 4 aromatic carbocycles. The number of esters is 1. The fourth-order valence-electron chi connectivity index (χ4n) is 7.36. The number of ketones is 3. The minimum absolute atomic E-state index is 0.296. The number of hydrogen-bond acceptors (Lipinski definition) is 8. The van der Waals surface area contributed by atoms with Gasteiger partial charge in [-0.2, -0.15) is 0 Å². The molecule has 0 bridgehead atoms. The molecule has 4 aromatic rings. The molecular formula is C37H29NO7. The number of rotatable bonds is 6. The number of para-hydroxylation sites is 1. The van der Waals surface area contributed by atoms with Crippen molar-refractivity contribution in [1.82, 2.24) is 0 Å². The molecule has 1 unspecified atom stereocenters. The molecule has 224 valence electrons. The summed E-state index contributed by atoms with van der Waals surface area (Å²) in [6.45, 7) is 1.30. The Morgan fingerprint density at radius 2 is 1.42 bits per heavy atom. The van der Waals surface area contributed by atoms with Crippen LogP contribution in [0, 0.1) is 5.41 Å². The maximum atomic E-state index is 14.9. The van der Waals surface area contributed by atoms with Crippen molar-refractivity contribution in [3.05, 3.63) is 125 Å². The number of methoxy groups -OCH3 is 2. The van der Waals surface area contributed by atoms with Crippen molar-refractivity contribution >= 4 is 35.1 Å². The van der Waals surface area contributed by atoms with Gasteiger partial charge in [-0.1, -0.05) is 60.7 Å². The molecule has 0 saturated carbocycles. The zero-order valence-corrected chi connectivity index (χ0v) is 24.9. The van der Waals surface area contributed by atoms with Crippen molar-refractivity contribution in [2.75, 3.05) is 19.1 Å². The summed E-state index contributed by atoms with van der Waals surface area (Å²) >= 11 is 0. The lowest BCUT2D eigenvalue weighted by Crippen LogP contribution is -2.48. The first-order valence-electron chi connectivity index (χ1n) is 14.6. The number of benzene rings is 4. The summed E-state index contributed by atoms with van der Waals surface area (Å²) in [6.07, 6.45) is 3.80. The second kappa shape index (κ2) is 10.6. The molecule has 3 aliphatic rings. The molecule has 8 nitrogen and oxygen atoms in total. The van der Waals surface area contributed by atoms with Gasteiger partial charge in [-0.15, -0.1) is 0 Å². The largest absolute Gasteiger partial charge is 0.497 e. The SMILES string of the molecule is COc1ccc([C@H]2[C@H](C(=O)c3ccc(OC(C)=O)cc3)N3c4ccccc4C=CC3C23C(=O)c2ccccc2C3=O)c(OC)c1. The van der Waals surface area contributed by atoms with Gasteiger partial charge in [-0.05, 0) is 42.0 Å². The van der Waals surface area contributed by atoms with Crippen molar-refractivity contribution in [3.8, 4) is 17.2 Å². The highest BCUT2D eigenvalue weighted by atomic mass is 16.5. The topological polar surface area (TPSA) is 99.2 Å². The van der Waals surface area contributed by atoms with E-state index in [1.165, 1.54) is 14.0 Å². The van der Waals surface area contributed by atoms with Crippen LogP contribution in [0.3, 0.4) is 0 Å². The average Bonchev–Trinajstić information content (AvgIpc) is 3.50.